The van der Waals surface area contributed by atoms with E-state index in [1.807, 2.05) is 29.2 Å². The Labute approximate surface area is 176 Å². The molecule has 1 aliphatic carbocycles. The molecule has 1 unspecified atom stereocenters. The van der Waals surface area contributed by atoms with E-state index in [2.05, 4.69) is 40.6 Å². The number of aromatic nitrogens is 2. The molecule has 0 saturated heterocycles. The minimum absolute atomic E-state index is 0.148. The molecule has 1 fully saturated rings. The first-order valence-electron chi connectivity index (χ1n) is 10.5. The van der Waals surface area contributed by atoms with E-state index in [1.165, 1.54) is 36.0 Å². The first kappa shape index (κ1) is 18.7. The maximum atomic E-state index is 6.16. The lowest BCUT2D eigenvalue weighted by molar-refractivity contribution is 0.164. The van der Waals surface area contributed by atoms with Crippen LogP contribution in [0.25, 0.3) is 0 Å². The molecular formula is C24H26ClN3O. The van der Waals surface area contributed by atoms with Crippen LogP contribution in [0.2, 0.25) is 5.02 Å². The molecule has 1 atom stereocenters. The number of fused-ring (bicyclic) bond motifs is 1. The zero-order chi connectivity index (χ0) is 19.7. The summed E-state index contributed by atoms with van der Waals surface area (Å²) >= 11 is 6.16. The quantitative estimate of drug-likeness (QED) is 0.630. The van der Waals surface area contributed by atoms with Gasteiger partial charge in [0.1, 0.15) is 12.4 Å². The highest BCUT2D eigenvalue weighted by molar-refractivity contribution is 6.30. The molecule has 0 bridgehead atoms. The Hall–Kier alpha value is -2.30. The fraction of sp³-hybridized carbons (Fsp3) is 0.375. The van der Waals surface area contributed by atoms with Crippen LogP contribution in [0.4, 0.5) is 0 Å². The number of nitrogens with one attached hydrogen (secondary N) is 1. The molecule has 3 aromatic rings. The average molecular weight is 408 g/mol. The third-order valence-electron chi connectivity index (χ3n) is 6.57. The third-order valence-corrected chi connectivity index (χ3v) is 6.82. The molecule has 2 aliphatic rings. The highest BCUT2D eigenvalue weighted by Gasteiger charge is 2.47. The van der Waals surface area contributed by atoms with Crippen molar-refractivity contribution < 1.29 is 4.74 Å². The molecule has 1 N–H and O–H groups in total. The Morgan fingerprint density at radius 3 is 2.76 bits per heavy atom. The zero-order valence-corrected chi connectivity index (χ0v) is 17.2. The van der Waals surface area contributed by atoms with Gasteiger partial charge in [0.2, 0.25) is 0 Å². The number of benzene rings is 2. The van der Waals surface area contributed by atoms with Gasteiger partial charge in [-0.25, -0.2) is 4.98 Å². The van der Waals surface area contributed by atoms with Gasteiger partial charge in [0.25, 0.3) is 0 Å². The largest absolute Gasteiger partial charge is 0.492 e. The number of halogens is 1. The number of ether oxygens (including phenoxy) is 1. The fourth-order valence-corrected chi connectivity index (χ4v) is 5.01. The summed E-state index contributed by atoms with van der Waals surface area (Å²) in [6.45, 7) is 2.46. The van der Waals surface area contributed by atoms with Crippen LogP contribution in [0.1, 0.15) is 42.0 Å². The number of rotatable bonds is 6. The van der Waals surface area contributed by atoms with Crippen molar-refractivity contribution in [1.29, 1.82) is 0 Å². The predicted octanol–water partition coefficient (Wildman–Crippen LogP) is 4.92. The maximum Gasteiger partial charge on any atom is 0.119 e. The van der Waals surface area contributed by atoms with Crippen molar-refractivity contribution in [2.45, 2.75) is 43.7 Å². The smallest absolute Gasteiger partial charge is 0.119 e. The van der Waals surface area contributed by atoms with Gasteiger partial charge in [-0.1, -0.05) is 36.2 Å². The number of imidazole rings is 1. The van der Waals surface area contributed by atoms with Crippen LogP contribution in [0.15, 0.2) is 61.2 Å². The van der Waals surface area contributed by atoms with Crippen LogP contribution >= 0.6 is 11.6 Å². The van der Waals surface area contributed by atoms with E-state index in [-0.39, 0.29) is 5.41 Å². The van der Waals surface area contributed by atoms with Crippen molar-refractivity contribution in [3.8, 4) is 5.75 Å². The predicted molar refractivity (Wildman–Crippen MR) is 116 cm³/mol. The third kappa shape index (κ3) is 3.56. The van der Waals surface area contributed by atoms with E-state index in [4.69, 9.17) is 16.3 Å². The summed E-state index contributed by atoms with van der Waals surface area (Å²) in [5, 5.41) is 4.64. The molecule has 1 aromatic heterocycles. The topological polar surface area (TPSA) is 39.1 Å². The van der Waals surface area contributed by atoms with E-state index >= 15 is 0 Å². The number of nitrogens with zero attached hydrogens (tertiary/aromatic N) is 2. The second-order valence-electron chi connectivity index (χ2n) is 8.16. The lowest BCUT2D eigenvalue weighted by Gasteiger charge is -2.50. The standard InChI is InChI=1S/C24H26ClN3O/c25-20-5-3-19(4-6-20)24(9-1-10-24)23-22-16-21(7-2-18(22)8-11-27-23)29-15-14-28-13-12-26-17-28/h2-7,12-13,16-17,23,27H,1,8-11,14-15H2. The van der Waals surface area contributed by atoms with Crippen LogP contribution < -0.4 is 10.1 Å². The minimum atomic E-state index is 0.148. The zero-order valence-electron chi connectivity index (χ0n) is 16.5. The van der Waals surface area contributed by atoms with E-state index < -0.39 is 0 Å². The Morgan fingerprint density at radius 2 is 2.03 bits per heavy atom. The van der Waals surface area contributed by atoms with Gasteiger partial charge in [0, 0.05) is 28.9 Å². The van der Waals surface area contributed by atoms with Gasteiger partial charge in [-0.3, -0.25) is 0 Å². The highest BCUT2D eigenvalue weighted by atomic mass is 35.5. The Balaban J connectivity index is 1.40. The van der Waals surface area contributed by atoms with E-state index in [0.717, 1.165) is 30.3 Å². The maximum absolute atomic E-state index is 6.16. The summed E-state index contributed by atoms with van der Waals surface area (Å²) in [6.07, 6.45) is 10.3. The van der Waals surface area contributed by atoms with Crippen molar-refractivity contribution in [3.63, 3.8) is 0 Å². The van der Waals surface area contributed by atoms with Crippen LogP contribution in [-0.4, -0.2) is 22.7 Å². The second-order valence-corrected chi connectivity index (χ2v) is 8.60. The van der Waals surface area contributed by atoms with E-state index in [1.54, 1.807) is 6.20 Å². The molecule has 4 nitrogen and oxygen atoms in total. The van der Waals surface area contributed by atoms with Gasteiger partial charge in [0.05, 0.1) is 12.9 Å². The van der Waals surface area contributed by atoms with Crippen molar-refractivity contribution >= 4 is 11.6 Å². The number of hydrogen-bond donors (Lipinski definition) is 1. The van der Waals surface area contributed by atoms with Gasteiger partial charge >= 0.3 is 0 Å². The molecular weight excluding hydrogens is 382 g/mol. The van der Waals surface area contributed by atoms with Crippen LogP contribution in [0.3, 0.4) is 0 Å². The van der Waals surface area contributed by atoms with Gasteiger partial charge in [-0.15, -0.1) is 0 Å². The highest BCUT2D eigenvalue weighted by Crippen LogP contribution is 2.53. The summed E-state index contributed by atoms with van der Waals surface area (Å²) in [5.74, 6) is 0.947. The molecule has 2 heterocycles. The molecule has 1 aliphatic heterocycles. The molecule has 0 amide bonds. The molecule has 1 saturated carbocycles. The van der Waals surface area contributed by atoms with Crippen molar-refractivity contribution in [1.82, 2.24) is 14.9 Å². The molecule has 0 spiro atoms. The molecule has 2 aromatic carbocycles. The van der Waals surface area contributed by atoms with Gasteiger partial charge < -0.3 is 14.6 Å². The number of hydrogen-bond acceptors (Lipinski definition) is 3. The lowest BCUT2D eigenvalue weighted by Crippen LogP contribution is -2.49. The van der Waals surface area contributed by atoms with E-state index in [0.29, 0.717) is 12.6 Å². The fourth-order valence-electron chi connectivity index (χ4n) is 4.88. The molecule has 150 valence electrons. The monoisotopic (exact) mass is 407 g/mol. The lowest BCUT2D eigenvalue weighted by atomic mass is 9.58. The van der Waals surface area contributed by atoms with Crippen molar-refractivity contribution in [2.75, 3.05) is 13.2 Å². The van der Waals surface area contributed by atoms with Gasteiger partial charge in [0.15, 0.2) is 0 Å². The Kier molecular flexibility index (Phi) is 5.06. The first-order chi connectivity index (χ1) is 14.2. The molecule has 5 rings (SSSR count). The molecule has 0 radical (unpaired) electrons. The van der Waals surface area contributed by atoms with Gasteiger partial charge in [-0.2, -0.15) is 0 Å². The summed E-state index contributed by atoms with van der Waals surface area (Å²) in [6, 6.07) is 15.4. The summed E-state index contributed by atoms with van der Waals surface area (Å²) < 4.78 is 8.12. The normalized spacial score (nSPS) is 20.0. The van der Waals surface area contributed by atoms with E-state index in [9.17, 15) is 0 Å². The summed E-state index contributed by atoms with van der Waals surface area (Å²) in [5.41, 5.74) is 4.38. The van der Waals surface area contributed by atoms with Crippen molar-refractivity contribution in [3.05, 3.63) is 82.9 Å². The SMILES string of the molecule is Clc1ccc(C2(C3NCCc4ccc(OCCn5ccnc5)cc43)CCC2)cc1. The van der Waals surface area contributed by atoms with Crippen LogP contribution in [0, 0.1) is 0 Å². The Morgan fingerprint density at radius 1 is 1.17 bits per heavy atom. The first-order valence-corrected chi connectivity index (χ1v) is 10.8. The van der Waals surface area contributed by atoms with Gasteiger partial charge in [-0.05, 0) is 66.8 Å². The average Bonchev–Trinajstić information content (AvgIpc) is 3.22. The minimum Gasteiger partial charge on any atom is -0.492 e. The van der Waals surface area contributed by atoms with Crippen molar-refractivity contribution in [2.24, 2.45) is 0 Å². The van der Waals surface area contributed by atoms with Crippen LogP contribution in [0.5, 0.6) is 5.75 Å². The second kappa shape index (κ2) is 7.85. The van der Waals surface area contributed by atoms with Crippen LogP contribution in [-0.2, 0) is 18.4 Å². The molecule has 5 heteroatoms. The summed E-state index contributed by atoms with van der Waals surface area (Å²) in [7, 11) is 0. The Bertz CT molecular complexity index is 964. The summed E-state index contributed by atoms with van der Waals surface area (Å²) in [4.78, 5) is 4.08. The molecule has 29 heavy (non-hydrogen) atoms.